The first-order chi connectivity index (χ1) is 7.27. The summed E-state index contributed by atoms with van der Waals surface area (Å²) in [6, 6.07) is 10.9. The van der Waals surface area contributed by atoms with Crippen molar-refractivity contribution in [2.75, 3.05) is 6.61 Å². The van der Waals surface area contributed by atoms with Crippen LogP contribution in [0.25, 0.3) is 0 Å². The average Bonchev–Trinajstić information content (AvgIpc) is 2.29. The lowest BCUT2D eigenvalue weighted by atomic mass is 10.0. The Hall–Kier alpha value is -0.860. The Morgan fingerprint density at radius 3 is 2.47 bits per heavy atom. The molecule has 1 aromatic carbocycles. The maximum absolute atomic E-state index is 9.04. The Morgan fingerprint density at radius 1 is 1.27 bits per heavy atom. The van der Waals surface area contributed by atoms with Crippen molar-refractivity contribution < 1.29 is 5.11 Å². The largest absolute Gasteiger partial charge is 0.395 e. The van der Waals surface area contributed by atoms with Gasteiger partial charge in [0.2, 0.25) is 0 Å². The van der Waals surface area contributed by atoms with Crippen molar-refractivity contribution in [2.45, 2.75) is 38.8 Å². The van der Waals surface area contributed by atoms with Gasteiger partial charge in [0.05, 0.1) is 6.61 Å². The summed E-state index contributed by atoms with van der Waals surface area (Å²) in [4.78, 5) is 0. The van der Waals surface area contributed by atoms with E-state index in [1.807, 2.05) is 13.0 Å². The molecule has 0 saturated carbocycles. The van der Waals surface area contributed by atoms with Crippen molar-refractivity contribution in [3.63, 3.8) is 0 Å². The van der Waals surface area contributed by atoms with E-state index in [1.54, 1.807) is 0 Å². The van der Waals surface area contributed by atoms with E-state index in [4.69, 9.17) is 5.11 Å². The zero-order valence-corrected chi connectivity index (χ0v) is 9.61. The van der Waals surface area contributed by atoms with E-state index in [2.05, 4.69) is 36.5 Å². The van der Waals surface area contributed by atoms with Gasteiger partial charge in [0.1, 0.15) is 0 Å². The molecule has 0 aliphatic rings. The smallest absolute Gasteiger partial charge is 0.0582 e. The molecule has 0 bridgehead atoms. The van der Waals surface area contributed by atoms with Crippen LogP contribution in [0.3, 0.4) is 0 Å². The van der Waals surface area contributed by atoms with E-state index < -0.39 is 0 Å². The highest BCUT2D eigenvalue weighted by Crippen LogP contribution is 2.18. The molecule has 15 heavy (non-hydrogen) atoms. The van der Waals surface area contributed by atoms with Crippen LogP contribution in [0, 0.1) is 0 Å². The fraction of sp³-hybridized carbons (Fsp3) is 0.538. The highest BCUT2D eigenvalue weighted by Gasteiger charge is 2.12. The molecule has 1 unspecified atom stereocenters. The van der Waals surface area contributed by atoms with Crippen molar-refractivity contribution in [1.82, 2.24) is 5.32 Å². The molecular weight excluding hydrogens is 186 g/mol. The molecule has 0 aromatic heterocycles. The summed E-state index contributed by atoms with van der Waals surface area (Å²) in [5, 5.41) is 12.5. The van der Waals surface area contributed by atoms with Crippen LogP contribution in [0.1, 0.15) is 38.3 Å². The van der Waals surface area contributed by atoms with Gasteiger partial charge in [0.15, 0.2) is 0 Å². The second-order valence-corrected chi connectivity index (χ2v) is 4.00. The molecular formula is C13H21NO. The van der Waals surface area contributed by atoms with E-state index in [-0.39, 0.29) is 12.6 Å². The molecule has 2 atom stereocenters. The first-order valence-corrected chi connectivity index (χ1v) is 5.69. The molecule has 0 amide bonds. The summed E-state index contributed by atoms with van der Waals surface area (Å²) in [6.45, 7) is 4.37. The molecule has 1 rings (SSSR count). The number of benzene rings is 1. The van der Waals surface area contributed by atoms with Crippen molar-refractivity contribution in [1.29, 1.82) is 0 Å². The van der Waals surface area contributed by atoms with Crippen LogP contribution in [0.15, 0.2) is 30.3 Å². The highest BCUT2D eigenvalue weighted by atomic mass is 16.3. The number of hydrogen-bond donors (Lipinski definition) is 2. The van der Waals surface area contributed by atoms with Crippen LogP contribution in [0.2, 0.25) is 0 Å². The number of nitrogens with one attached hydrogen (secondary N) is 1. The normalized spacial score (nSPS) is 14.9. The number of aliphatic hydroxyl groups is 1. The van der Waals surface area contributed by atoms with Gasteiger partial charge in [-0.1, -0.05) is 43.7 Å². The maximum atomic E-state index is 9.04. The van der Waals surface area contributed by atoms with E-state index in [0.29, 0.717) is 6.04 Å². The Kier molecular flexibility index (Phi) is 5.37. The molecule has 1 aromatic rings. The van der Waals surface area contributed by atoms with Gasteiger partial charge in [-0.15, -0.1) is 0 Å². The lowest BCUT2D eigenvalue weighted by molar-refractivity contribution is 0.238. The lowest BCUT2D eigenvalue weighted by Gasteiger charge is -2.22. The van der Waals surface area contributed by atoms with Crippen LogP contribution in [0.4, 0.5) is 0 Å². The zero-order valence-electron chi connectivity index (χ0n) is 9.61. The summed E-state index contributed by atoms with van der Waals surface area (Å²) >= 11 is 0. The number of aliphatic hydroxyl groups excluding tert-OH is 1. The van der Waals surface area contributed by atoms with Crippen LogP contribution in [-0.2, 0) is 0 Å². The lowest BCUT2D eigenvalue weighted by Crippen LogP contribution is -2.33. The number of hydrogen-bond acceptors (Lipinski definition) is 2. The second kappa shape index (κ2) is 6.59. The first kappa shape index (κ1) is 12.2. The first-order valence-electron chi connectivity index (χ1n) is 5.69. The van der Waals surface area contributed by atoms with E-state index in [0.717, 1.165) is 12.8 Å². The summed E-state index contributed by atoms with van der Waals surface area (Å²) in [7, 11) is 0. The average molecular weight is 207 g/mol. The molecule has 2 heteroatoms. The van der Waals surface area contributed by atoms with Gasteiger partial charge in [-0.05, 0) is 18.9 Å². The Bertz CT molecular complexity index is 260. The predicted molar refractivity (Wildman–Crippen MR) is 63.8 cm³/mol. The molecule has 0 radical (unpaired) electrons. The standard InChI is InChI=1S/C13H21NO/c1-3-7-13(14-11(2)10-15)12-8-5-4-6-9-12/h4-6,8-9,11,13-15H,3,7,10H2,1-2H3/t11-,13?/m1/s1. The molecule has 0 fully saturated rings. The highest BCUT2D eigenvalue weighted by molar-refractivity contribution is 5.18. The van der Waals surface area contributed by atoms with Crippen LogP contribution in [0.5, 0.6) is 0 Å². The topological polar surface area (TPSA) is 32.3 Å². The summed E-state index contributed by atoms with van der Waals surface area (Å²) < 4.78 is 0. The van der Waals surface area contributed by atoms with Crippen molar-refractivity contribution >= 4 is 0 Å². The van der Waals surface area contributed by atoms with Crippen molar-refractivity contribution in [3.8, 4) is 0 Å². The molecule has 2 nitrogen and oxygen atoms in total. The second-order valence-electron chi connectivity index (χ2n) is 4.00. The van der Waals surface area contributed by atoms with Gasteiger partial charge < -0.3 is 10.4 Å². The van der Waals surface area contributed by atoms with Gasteiger partial charge in [-0.2, -0.15) is 0 Å². The quantitative estimate of drug-likeness (QED) is 0.751. The van der Waals surface area contributed by atoms with Gasteiger partial charge >= 0.3 is 0 Å². The SMILES string of the molecule is CCCC(N[C@H](C)CO)c1ccccc1. The van der Waals surface area contributed by atoms with Crippen LogP contribution >= 0.6 is 0 Å². The van der Waals surface area contributed by atoms with E-state index in [1.165, 1.54) is 5.56 Å². The minimum Gasteiger partial charge on any atom is -0.395 e. The molecule has 0 spiro atoms. The van der Waals surface area contributed by atoms with E-state index >= 15 is 0 Å². The molecule has 2 N–H and O–H groups in total. The van der Waals surface area contributed by atoms with Gasteiger partial charge in [-0.25, -0.2) is 0 Å². The van der Waals surface area contributed by atoms with Gasteiger partial charge in [0.25, 0.3) is 0 Å². The van der Waals surface area contributed by atoms with Crippen molar-refractivity contribution in [2.24, 2.45) is 0 Å². The maximum Gasteiger partial charge on any atom is 0.0582 e. The fourth-order valence-corrected chi connectivity index (χ4v) is 1.72. The van der Waals surface area contributed by atoms with Crippen LogP contribution < -0.4 is 5.32 Å². The van der Waals surface area contributed by atoms with Crippen LogP contribution in [-0.4, -0.2) is 17.8 Å². The third kappa shape index (κ3) is 4.02. The fourth-order valence-electron chi connectivity index (χ4n) is 1.72. The van der Waals surface area contributed by atoms with Gasteiger partial charge in [0, 0.05) is 12.1 Å². The summed E-state index contributed by atoms with van der Waals surface area (Å²) in [6.07, 6.45) is 2.25. The van der Waals surface area contributed by atoms with Gasteiger partial charge in [-0.3, -0.25) is 0 Å². The molecule has 0 saturated heterocycles. The van der Waals surface area contributed by atoms with Crippen molar-refractivity contribution in [3.05, 3.63) is 35.9 Å². The Morgan fingerprint density at radius 2 is 1.93 bits per heavy atom. The Balaban J connectivity index is 2.65. The third-order valence-electron chi connectivity index (χ3n) is 2.54. The molecule has 84 valence electrons. The Labute approximate surface area is 92.3 Å². The van der Waals surface area contributed by atoms with E-state index in [9.17, 15) is 0 Å². The monoisotopic (exact) mass is 207 g/mol. The number of rotatable bonds is 6. The molecule has 0 aliphatic carbocycles. The summed E-state index contributed by atoms with van der Waals surface area (Å²) in [5.74, 6) is 0. The third-order valence-corrected chi connectivity index (χ3v) is 2.54. The molecule has 0 heterocycles. The minimum absolute atomic E-state index is 0.154. The minimum atomic E-state index is 0.154. The summed E-state index contributed by atoms with van der Waals surface area (Å²) in [5.41, 5.74) is 1.31. The molecule has 0 aliphatic heterocycles. The predicted octanol–water partition coefficient (Wildman–Crippen LogP) is 2.50. The zero-order chi connectivity index (χ0) is 11.1.